The molecule has 2 aromatic heterocycles. The average Bonchev–Trinajstić information content (AvgIpc) is 3.57. The third-order valence-electron chi connectivity index (χ3n) is 6.23. The minimum absolute atomic E-state index is 0.0370. The number of nitro benzene ring substituents is 1. The van der Waals surface area contributed by atoms with E-state index in [2.05, 4.69) is 29.5 Å². The van der Waals surface area contributed by atoms with Gasteiger partial charge in [-0.15, -0.1) is 0 Å². The maximum absolute atomic E-state index is 12.8. The Labute approximate surface area is 229 Å². The quantitative estimate of drug-likeness (QED) is 0.131. The van der Waals surface area contributed by atoms with Gasteiger partial charge >= 0.3 is 0 Å². The number of amides is 1. The van der Waals surface area contributed by atoms with Gasteiger partial charge < -0.3 is 14.2 Å². The standard InChI is InChI=1S/C29H24N4O5S/c1-16(2)18-10-11-25-22(14-18)30-28(38-25)19-9-8-17(3)21(15-19)31-29(39)32-27(34)26-13-12-24(37-26)20-6-4-5-7-23(20)33(35)36/h4-16H,1-3H3,(H2,31,32,34,39). The summed E-state index contributed by atoms with van der Waals surface area (Å²) in [6.45, 7) is 6.16. The topological polar surface area (TPSA) is 123 Å². The van der Waals surface area contributed by atoms with E-state index in [1.807, 2.05) is 43.3 Å². The normalized spacial score (nSPS) is 11.1. The number of benzene rings is 3. The molecule has 3 aromatic carbocycles. The molecule has 0 unspecified atom stereocenters. The lowest BCUT2D eigenvalue weighted by atomic mass is 10.0. The first kappa shape index (κ1) is 25.8. The highest BCUT2D eigenvalue weighted by molar-refractivity contribution is 7.80. The molecule has 5 aromatic rings. The molecule has 0 fully saturated rings. The number of oxazole rings is 1. The Morgan fingerprint density at radius 3 is 2.59 bits per heavy atom. The van der Waals surface area contributed by atoms with E-state index in [1.54, 1.807) is 18.2 Å². The first-order valence-corrected chi connectivity index (χ1v) is 12.6. The molecule has 196 valence electrons. The van der Waals surface area contributed by atoms with Gasteiger partial charge in [0.05, 0.1) is 10.5 Å². The number of fused-ring (bicyclic) bond motifs is 1. The lowest BCUT2D eigenvalue weighted by molar-refractivity contribution is -0.384. The number of carbonyl (C=O) groups excluding carboxylic acids is 1. The SMILES string of the molecule is Cc1ccc(-c2nc3cc(C(C)C)ccc3o2)cc1NC(=S)NC(=O)c1ccc(-c2ccccc2[N+](=O)[O-])o1. The molecule has 0 radical (unpaired) electrons. The second kappa shape index (κ2) is 10.5. The lowest BCUT2D eigenvalue weighted by Crippen LogP contribution is -2.34. The second-order valence-electron chi connectivity index (χ2n) is 9.28. The number of nitrogens with one attached hydrogen (secondary N) is 2. The first-order valence-electron chi connectivity index (χ1n) is 12.2. The molecule has 9 nitrogen and oxygen atoms in total. The van der Waals surface area contributed by atoms with Crippen LogP contribution >= 0.6 is 12.2 Å². The largest absolute Gasteiger partial charge is 0.451 e. The number of thiocarbonyl (C=S) groups is 1. The van der Waals surface area contributed by atoms with Crippen LogP contribution in [-0.2, 0) is 0 Å². The van der Waals surface area contributed by atoms with Crippen LogP contribution in [0.4, 0.5) is 11.4 Å². The minimum Gasteiger partial charge on any atom is -0.451 e. The number of hydrogen-bond donors (Lipinski definition) is 2. The molecule has 0 saturated carbocycles. The highest BCUT2D eigenvalue weighted by Crippen LogP contribution is 2.31. The molecule has 0 spiro atoms. The van der Waals surface area contributed by atoms with Crippen molar-refractivity contribution in [2.45, 2.75) is 26.7 Å². The monoisotopic (exact) mass is 540 g/mol. The van der Waals surface area contributed by atoms with Gasteiger partial charge in [0, 0.05) is 17.3 Å². The number of para-hydroxylation sites is 1. The smallest absolute Gasteiger partial charge is 0.293 e. The molecule has 0 atom stereocenters. The first-order chi connectivity index (χ1) is 18.7. The molecule has 0 aliphatic carbocycles. The fraction of sp³-hybridized carbons (Fsp3) is 0.138. The van der Waals surface area contributed by atoms with Crippen molar-refractivity contribution in [1.82, 2.24) is 10.3 Å². The third-order valence-corrected chi connectivity index (χ3v) is 6.44. The summed E-state index contributed by atoms with van der Waals surface area (Å²) in [5.41, 5.74) is 5.13. The summed E-state index contributed by atoms with van der Waals surface area (Å²) in [7, 11) is 0. The summed E-state index contributed by atoms with van der Waals surface area (Å²) in [5.74, 6) is 0.428. The average molecular weight is 541 g/mol. The Morgan fingerprint density at radius 1 is 1.03 bits per heavy atom. The van der Waals surface area contributed by atoms with E-state index in [0.717, 1.165) is 16.6 Å². The Bertz CT molecular complexity index is 1740. The van der Waals surface area contributed by atoms with Crippen molar-refractivity contribution in [3.05, 3.63) is 99.8 Å². The van der Waals surface area contributed by atoms with Crippen molar-refractivity contribution < 1.29 is 18.6 Å². The number of rotatable bonds is 6. The lowest BCUT2D eigenvalue weighted by Gasteiger charge is -2.12. The fourth-order valence-corrected chi connectivity index (χ4v) is 4.28. The Kier molecular flexibility index (Phi) is 6.95. The molecule has 0 bridgehead atoms. The van der Waals surface area contributed by atoms with Crippen LogP contribution in [0.5, 0.6) is 0 Å². The summed E-state index contributed by atoms with van der Waals surface area (Å²) >= 11 is 5.37. The van der Waals surface area contributed by atoms with Crippen molar-refractivity contribution in [2.24, 2.45) is 0 Å². The predicted molar refractivity (Wildman–Crippen MR) is 153 cm³/mol. The minimum atomic E-state index is -0.592. The number of nitrogens with zero attached hydrogens (tertiary/aromatic N) is 2. The van der Waals surface area contributed by atoms with E-state index < -0.39 is 10.8 Å². The number of hydrogen-bond acceptors (Lipinski definition) is 7. The van der Waals surface area contributed by atoms with Gasteiger partial charge in [-0.05, 0) is 78.7 Å². The van der Waals surface area contributed by atoms with Gasteiger partial charge in [0.1, 0.15) is 11.3 Å². The molecule has 0 aliphatic heterocycles. The van der Waals surface area contributed by atoms with Crippen molar-refractivity contribution in [1.29, 1.82) is 0 Å². The van der Waals surface area contributed by atoms with E-state index in [0.29, 0.717) is 23.1 Å². The maximum atomic E-state index is 12.8. The van der Waals surface area contributed by atoms with E-state index in [9.17, 15) is 14.9 Å². The molecule has 5 rings (SSSR count). The summed E-state index contributed by atoms with van der Waals surface area (Å²) in [5, 5.41) is 17.0. The van der Waals surface area contributed by atoms with Crippen LogP contribution < -0.4 is 10.6 Å². The Morgan fingerprint density at radius 2 is 1.82 bits per heavy atom. The highest BCUT2D eigenvalue weighted by Gasteiger charge is 2.20. The van der Waals surface area contributed by atoms with Crippen molar-refractivity contribution >= 4 is 45.7 Å². The molecule has 2 heterocycles. The molecule has 0 saturated heterocycles. The molecule has 10 heteroatoms. The second-order valence-corrected chi connectivity index (χ2v) is 9.69. The number of aromatic nitrogens is 1. The van der Waals surface area contributed by atoms with Crippen molar-refractivity contribution in [3.8, 4) is 22.8 Å². The maximum Gasteiger partial charge on any atom is 0.293 e. The Hall–Kier alpha value is -4.83. The van der Waals surface area contributed by atoms with Crippen LogP contribution in [0.1, 0.15) is 41.4 Å². The summed E-state index contributed by atoms with van der Waals surface area (Å²) in [4.78, 5) is 28.2. The number of furan rings is 1. The van der Waals surface area contributed by atoms with Crippen LogP contribution in [0, 0.1) is 17.0 Å². The molecule has 0 aliphatic rings. The van der Waals surface area contributed by atoms with E-state index in [-0.39, 0.29) is 27.9 Å². The van der Waals surface area contributed by atoms with Gasteiger partial charge in [0.15, 0.2) is 16.5 Å². The van der Waals surface area contributed by atoms with Crippen LogP contribution in [0.3, 0.4) is 0 Å². The number of aryl methyl sites for hydroxylation is 1. The van der Waals surface area contributed by atoms with Crippen molar-refractivity contribution in [2.75, 3.05) is 5.32 Å². The summed E-state index contributed by atoms with van der Waals surface area (Å²) in [6.07, 6.45) is 0. The van der Waals surface area contributed by atoms with Gasteiger partial charge in [0.25, 0.3) is 11.6 Å². The van der Waals surface area contributed by atoms with E-state index in [4.69, 9.17) is 21.1 Å². The molecular weight excluding hydrogens is 516 g/mol. The van der Waals surface area contributed by atoms with Gasteiger partial charge in [-0.1, -0.05) is 38.1 Å². The van der Waals surface area contributed by atoms with Crippen molar-refractivity contribution in [3.63, 3.8) is 0 Å². The van der Waals surface area contributed by atoms with Gasteiger partial charge in [-0.25, -0.2) is 4.98 Å². The zero-order valence-corrected chi connectivity index (χ0v) is 22.2. The molecule has 39 heavy (non-hydrogen) atoms. The predicted octanol–water partition coefficient (Wildman–Crippen LogP) is 7.22. The Balaban J connectivity index is 1.31. The number of anilines is 1. The van der Waals surface area contributed by atoms with Gasteiger partial charge in [0.2, 0.25) is 5.89 Å². The van der Waals surface area contributed by atoms with Gasteiger partial charge in [-0.3, -0.25) is 20.2 Å². The third kappa shape index (κ3) is 5.41. The molecule has 2 N–H and O–H groups in total. The fourth-order valence-electron chi connectivity index (χ4n) is 4.08. The number of carbonyl (C=O) groups is 1. The highest BCUT2D eigenvalue weighted by atomic mass is 32.1. The zero-order valence-electron chi connectivity index (χ0n) is 21.3. The molecule has 1 amide bonds. The van der Waals surface area contributed by atoms with Crippen LogP contribution in [0.25, 0.3) is 33.9 Å². The van der Waals surface area contributed by atoms with Gasteiger partial charge in [-0.2, -0.15) is 0 Å². The van der Waals surface area contributed by atoms with Crippen LogP contribution in [-0.4, -0.2) is 20.9 Å². The number of nitro groups is 1. The summed E-state index contributed by atoms with van der Waals surface area (Å²) in [6, 6.07) is 20.7. The van der Waals surface area contributed by atoms with Crippen LogP contribution in [0.2, 0.25) is 0 Å². The summed E-state index contributed by atoms with van der Waals surface area (Å²) < 4.78 is 11.6. The van der Waals surface area contributed by atoms with Crippen LogP contribution in [0.15, 0.2) is 81.6 Å². The zero-order chi connectivity index (χ0) is 27.7. The van der Waals surface area contributed by atoms with E-state index in [1.165, 1.54) is 23.8 Å². The molecular formula is C29H24N4O5S. The van der Waals surface area contributed by atoms with E-state index >= 15 is 0 Å².